The molecule has 0 atom stereocenters. The van der Waals surface area contributed by atoms with Crippen molar-refractivity contribution in [3.8, 4) is 17.0 Å². The monoisotopic (exact) mass is 356 g/mol. The van der Waals surface area contributed by atoms with Crippen molar-refractivity contribution in [1.29, 1.82) is 0 Å². The molecule has 3 rings (SSSR count). The fourth-order valence-corrected chi connectivity index (χ4v) is 2.78. The van der Waals surface area contributed by atoms with Crippen LogP contribution < -0.4 is 15.2 Å². The van der Waals surface area contributed by atoms with Crippen LogP contribution in [-0.4, -0.2) is 17.1 Å². The van der Waals surface area contributed by atoms with Gasteiger partial charge in [0.05, 0.1) is 12.8 Å². The number of aromatic nitrogens is 2. The molecular formula is C18H17FN4OS. The summed E-state index contributed by atoms with van der Waals surface area (Å²) < 4.78 is 18.6. The lowest BCUT2D eigenvalue weighted by atomic mass is 10.1. The molecule has 0 amide bonds. The first-order valence-electron chi connectivity index (χ1n) is 7.54. The van der Waals surface area contributed by atoms with Crippen molar-refractivity contribution in [2.75, 3.05) is 12.4 Å². The summed E-state index contributed by atoms with van der Waals surface area (Å²) in [6.07, 6.45) is 1.65. The van der Waals surface area contributed by atoms with Gasteiger partial charge in [-0.3, -0.25) is 5.14 Å². The second-order valence-electron chi connectivity index (χ2n) is 5.25. The Morgan fingerprint density at radius 2 is 2.08 bits per heavy atom. The number of halogens is 1. The van der Waals surface area contributed by atoms with Crippen molar-refractivity contribution < 1.29 is 9.13 Å². The maximum Gasteiger partial charge on any atom is 0.227 e. The molecule has 1 aromatic heterocycles. The third kappa shape index (κ3) is 4.26. The van der Waals surface area contributed by atoms with Crippen molar-refractivity contribution >= 4 is 23.6 Å². The molecule has 0 aliphatic rings. The Kier molecular flexibility index (Phi) is 5.47. The summed E-state index contributed by atoms with van der Waals surface area (Å²) in [5.74, 6) is 1.24. The second-order valence-corrected chi connectivity index (χ2v) is 5.87. The zero-order valence-electron chi connectivity index (χ0n) is 13.6. The van der Waals surface area contributed by atoms with Gasteiger partial charge in [-0.05, 0) is 35.9 Å². The number of benzene rings is 2. The number of nitrogens with zero attached hydrogens (tertiary/aromatic N) is 2. The zero-order valence-corrected chi connectivity index (χ0v) is 14.4. The van der Waals surface area contributed by atoms with Crippen LogP contribution in [0.25, 0.3) is 11.3 Å². The highest BCUT2D eigenvalue weighted by atomic mass is 32.2. The van der Waals surface area contributed by atoms with Gasteiger partial charge in [-0.25, -0.2) is 14.4 Å². The van der Waals surface area contributed by atoms with Gasteiger partial charge < -0.3 is 10.1 Å². The van der Waals surface area contributed by atoms with Crippen molar-refractivity contribution in [2.24, 2.45) is 5.14 Å². The molecule has 0 bridgehead atoms. The van der Waals surface area contributed by atoms with Crippen molar-refractivity contribution in [1.82, 2.24) is 9.97 Å². The van der Waals surface area contributed by atoms with E-state index in [1.807, 2.05) is 24.3 Å². The number of methoxy groups -OCH3 is 1. The molecule has 0 unspecified atom stereocenters. The topological polar surface area (TPSA) is 73.1 Å². The average molecular weight is 356 g/mol. The predicted molar refractivity (Wildman–Crippen MR) is 99.2 cm³/mol. The molecule has 0 aliphatic heterocycles. The number of nitrogens with two attached hydrogens (primary N) is 1. The van der Waals surface area contributed by atoms with Crippen LogP contribution in [0.4, 0.5) is 16.0 Å². The van der Waals surface area contributed by atoms with E-state index in [1.54, 1.807) is 18.3 Å². The molecule has 0 saturated carbocycles. The Morgan fingerprint density at radius 1 is 1.20 bits per heavy atom. The van der Waals surface area contributed by atoms with Gasteiger partial charge in [0, 0.05) is 29.3 Å². The predicted octanol–water partition coefficient (Wildman–Crippen LogP) is 4.14. The fraction of sp³-hybridized carbons (Fsp3) is 0.111. The highest BCUT2D eigenvalue weighted by Gasteiger charge is 2.10. The molecule has 0 radical (unpaired) electrons. The van der Waals surface area contributed by atoms with E-state index >= 15 is 0 Å². The smallest absolute Gasteiger partial charge is 0.227 e. The Morgan fingerprint density at radius 3 is 2.88 bits per heavy atom. The number of hydrogen-bond donors (Lipinski definition) is 2. The Hall–Kier alpha value is -2.64. The van der Waals surface area contributed by atoms with Gasteiger partial charge in [-0.1, -0.05) is 24.1 Å². The SMILES string of the molecule is COc1cc(F)ccc1-c1ccnc(Nc2cccc(CSN)c2)n1. The van der Waals surface area contributed by atoms with Gasteiger partial charge in [0.2, 0.25) is 5.95 Å². The van der Waals surface area contributed by atoms with Gasteiger partial charge >= 0.3 is 0 Å². The van der Waals surface area contributed by atoms with Crippen LogP contribution >= 0.6 is 11.9 Å². The van der Waals surface area contributed by atoms with Crippen LogP contribution in [0.1, 0.15) is 5.56 Å². The minimum absolute atomic E-state index is 0.359. The van der Waals surface area contributed by atoms with Gasteiger partial charge in [-0.2, -0.15) is 0 Å². The lowest BCUT2D eigenvalue weighted by Gasteiger charge is -2.10. The largest absolute Gasteiger partial charge is 0.496 e. The van der Waals surface area contributed by atoms with Crippen LogP contribution in [0.2, 0.25) is 0 Å². The number of rotatable bonds is 6. The summed E-state index contributed by atoms with van der Waals surface area (Å²) >= 11 is 1.27. The summed E-state index contributed by atoms with van der Waals surface area (Å²) in [5, 5.41) is 8.69. The van der Waals surface area contributed by atoms with E-state index in [2.05, 4.69) is 15.3 Å². The molecule has 25 heavy (non-hydrogen) atoms. The molecule has 0 fully saturated rings. The lowest BCUT2D eigenvalue weighted by molar-refractivity contribution is 0.413. The van der Waals surface area contributed by atoms with Crippen LogP contribution in [0.5, 0.6) is 5.75 Å². The minimum atomic E-state index is -0.359. The zero-order chi connectivity index (χ0) is 17.6. The number of anilines is 2. The van der Waals surface area contributed by atoms with E-state index in [0.717, 1.165) is 17.0 Å². The minimum Gasteiger partial charge on any atom is -0.496 e. The third-order valence-corrected chi connectivity index (χ3v) is 4.03. The molecule has 1 heterocycles. The van der Waals surface area contributed by atoms with Crippen molar-refractivity contribution in [2.45, 2.75) is 5.75 Å². The first-order valence-corrected chi connectivity index (χ1v) is 8.59. The van der Waals surface area contributed by atoms with Crippen LogP contribution in [-0.2, 0) is 5.75 Å². The number of hydrogen-bond acceptors (Lipinski definition) is 6. The molecule has 0 aliphatic carbocycles. The Bertz CT molecular complexity index is 875. The average Bonchev–Trinajstić information content (AvgIpc) is 2.62. The van der Waals surface area contributed by atoms with E-state index in [9.17, 15) is 4.39 Å². The number of ether oxygens (including phenoxy) is 1. The number of nitrogens with one attached hydrogen (secondary N) is 1. The first-order chi connectivity index (χ1) is 12.2. The molecule has 128 valence electrons. The molecule has 0 spiro atoms. The maximum absolute atomic E-state index is 13.4. The summed E-state index contributed by atoms with van der Waals surface area (Å²) in [6.45, 7) is 0. The van der Waals surface area contributed by atoms with Gasteiger partial charge in [-0.15, -0.1) is 0 Å². The third-order valence-electron chi connectivity index (χ3n) is 3.53. The summed E-state index contributed by atoms with van der Waals surface area (Å²) in [5.41, 5.74) is 3.31. The first kappa shape index (κ1) is 17.2. The van der Waals surface area contributed by atoms with Gasteiger partial charge in [0.15, 0.2) is 0 Å². The van der Waals surface area contributed by atoms with E-state index in [1.165, 1.54) is 31.2 Å². The molecule has 2 aromatic carbocycles. The Labute approximate surface area is 149 Å². The van der Waals surface area contributed by atoms with Gasteiger partial charge in [0.25, 0.3) is 0 Å². The standard InChI is InChI=1S/C18H17FN4OS/c1-24-17-10-13(19)5-6-15(17)16-7-8-21-18(23-16)22-14-4-2-3-12(9-14)11-25-20/h2-10H,11,20H2,1H3,(H,21,22,23). The van der Waals surface area contributed by atoms with Crippen LogP contribution in [0, 0.1) is 5.82 Å². The molecule has 0 saturated heterocycles. The lowest BCUT2D eigenvalue weighted by Crippen LogP contribution is -1.99. The van der Waals surface area contributed by atoms with E-state index in [0.29, 0.717) is 23.0 Å². The summed E-state index contributed by atoms with van der Waals surface area (Å²) in [7, 11) is 1.50. The van der Waals surface area contributed by atoms with Crippen molar-refractivity contribution in [3.05, 3.63) is 66.1 Å². The maximum atomic E-state index is 13.4. The summed E-state index contributed by atoms with van der Waals surface area (Å²) in [6, 6.07) is 14.0. The van der Waals surface area contributed by atoms with E-state index in [-0.39, 0.29) is 5.82 Å². The molecule has 3 aromatic rings. The van der Waals surface area contributed by atoms with Gasteiger partial charge in [0.1, 0.15) is 11.6 Å². The van der Waals surface area contributed by atoms with Crippen LogP contribution in [0.3, 0.4) is 0 Å². The quantitative estimate of drug-likeness (QED) is 0.647. The second kappa shape index (κ2) is 7.96. The normalized spacial score (nSPS) is 10.5. The van der Waals surface area contributed by atoms with E-state index < -0.39 is 0 Å². The summed E-state index contributed by atoms with van der Waals surface area (Å²) in [4.78, 5) is 8.74. The highest BCUT2D eigenvalue weighted by Crippen LogP contribution is 2.29. The van der Waals surface area contributed by atoms with Crippen molar-refractivity contribution in [3.63, 3.8) is 0 Å². The molecule has 3 N–H and O–H groups in total. The fourth-order valence-electron chi connectivity index (χ4n) is 2.41. The van der Waals surface area contributed by atoms with E-state index in [4.69, 9.17) is 9.88 Å². The molecule has 5 nitrogen and oxygen atoms in total. The molecule has 7 heteroatoms. The highest BCUT2D eigenvalue weighted by molar-refractivity contribution is 7.96. The Balaban J connectivity index is 1.88. The van der Waals surface area contributed by atoms with Crippen LogP contribution in [0.15, 0.2) is 54.7 Å². The molecular weight excluding hydrogens is 339 g/mol.